The van der Waals surface area contributed by atoms with Crippen LogP contribution in [0.5, 0.6) is 0 Å². The second kappa shape index (κ2) is 4.24. The Morgan fingerprint density at radius 1 is 1.09 bits per heavy atom. The van der Waals surface area contributed by atoms with E-state index in [2.05, 4.69) is 0 Å². The molecule has 1 atom stereocenters. The van der Waals surface area contributed by atoms with Gasteiger partial charge in [0.25, 0.3) is 0 Å². The molecule has 2 bridgehead atoms. The SMILES string of the molecule is O=C(O)C12CC(C(=O)N3CCCS(=O)(=O)CC3C3CC3)(C1)C2. The molecule has 122 valence electrons. The summed E-state index contributed by atoms with van der Waals surface area (Å²) >= 11 is 0. The summed E-state index contributed by atoms with van der Waals surface area (Å²) in [6.45, 7) is 0.501. The van der Waals surface area contributed by atoms with Crippen LogP contribution >= 0.6 is 0 Å². The van der Waals surface area contributed by atoms with Crippen molar-refractivity contribution < 1.29 is 23.1 Å². The number of aliphatic carboxylic acids is 1. The molecule has 0 spiro atoms. The molecule has 1 heterocycles. The number of hydrogen-bond acceptors (Lipinski definition) is 4. The molecule has 0 aromatic carbocycles. The average Bonchev–Trinajstić information content (AvgIpc) is 3.10. The van der Waals surface area contributed by atoms with Crippen LogP contribution in [0.2, 0.25) is 0 Å². The van der Waals surface area contributed by atoms with Gasteiger partial charge < -0.3 is 10.0 Å². The second-order valence-corrected chi connectivity index (χ2v) is 10.00. The fraction of sp³-hybridized carbons (Fsp3) is 0.867. The lowest BCUT2D eigenvalue weighted by atomic mass is 9.34. The van der Waals surface area contributed by atoms with Crippen molar-refractivity contribution in [1.82, 2.24) is 4.90 Å². The number of carboxylic acid groups (broad SMARTS) is 1. The van der Waals surface area contributed by atoms with Crippen LogP contribution in [0.25, 0.3) is 0 Å². The molecule has 1 amide bonds. The van der Waals surface area contributed by atoms with Gasteiger partial charge in [0.05, 0.1) is 22.3 Å². The van der Waals surface area contributed by atoms with Crippen LogP contribution < -0.4 is 0 Å². The lowest BCUT2D eigenvalue weighted by Crippen LogP contribution is -2.71. The van der Waals surface area contributed by atoms with Crippen LogP contribution in [0.15, 0.2) is 0 Å². The molecule has 6 nitrogen and oxygen atoms in total. The molecule has 5 rings (SSSR count). The molecule has 5 fully saturated rings. The Labute approximate surface area is 129 Å². The first kappa shape index (κ1) is 14.5. The summed E-state index contributed by atoms with van der Waals surface area (Å²) < 4.78 is 24.1. The van der Waals surface area contributed by atoms with Crippen LogP contribution in [0, 0.1) is 16.7 Å². The molecule has 4 aliphatic carbocycles. The van der Waals surface area contributed by atoms with Crippen LogP contribution in [0.3, 0.4) is 0 Å². The Morgan fingerprint density at radius 3 is 2.27 bits per heavy atom. The van der Waals surface area contributed by atoms with Crippen molar-refractivity contribution in [3.63, 3.8) is 0 Å². The predicted octanol–water partition coefficient (Wildman–Crippen LogP) is 0.667. The first-order valence-electron chi connectivity index (χ1n) is 8.02. The smallest absolute Gasteiger partial charge is 0.309 e. The zero-order chi connectivity index (χ0) is 15.8. The van der Waals surface area contributed by atoms with Gasteiger partial charge in [0, 0.05) is 12.6 Å². The van der Waals surface area contributed by atoms with E-state index >= 15 is 0 Å². The zero-order valence-electron chi connectivity index (χ0n) is 12.5. The van der Waals surface area contributed by atoms with Crippen molar-refractivity contribution in [3.05, 3.63) is 0 Å². The van der Waals surface area contributed by atoms with Gasteiger partial charge in [-0.2, -0.15) is 0 Å². The van der Waals surface area contributed by atoms with Crippen molar-refractivity contribution in [2.45, 2.75) is 44.6 Å². The molecule has 0 aromatic rings. The first-order chi connectivity index (χ1) is 10.3. The number of carboxylic acids is 1. The minimum atomic E-state index is -3.07. The molecule has 0 aromatic heterocycles. The van der Waals surface area contributed by atoms with Crippen molar-refractivity contribution in [2.75, 3.05) is 18.1 Å². The summed E-state index contributed by atoms with van der Waals surface area (Å²) in [6, 6.07) is -0.185. The topological polar surface area (TPSA) is 91.8 Å². The summed E-state index contributed by atoms with van der Waals surface area (Å²) in [4.78, 5) is 25.9. The Morgan fingerprint density at radius 2 is 1.73 bits per heavy atom. The maximum atomic E-state index is 12.9. The Balaban J connectivity index is 1.54. The van der Waals surface area contributed by atoms with Gasteiger partial charge in [-0.05, 0) is 44.4 Å². The van der Waals surface area contributed by atoms with E-state index in [1.807, 2.05) is 0 Å². The second-order valence-electron chi connectivity index (χ2n) is 7.77. The molecule has 1 N–H and O–H groups in total. The van der Waals surface area contributed by atoms with E-state index in [0.717, 1.165) is 12.8 Å². The molecule has 7 heteroatoms. The summed E-state index contributed by atoms with van der Waals surface area (Å²) in [5.41, 5.74) is -1.16. The van der Waals surface area contributed by atoms with Crippen LogP contribution in [0.4, 0.5) is 0 Å². The molecule has 5 aliphatic rings. The van der Waals surface area contributed by atoms with Gasteiger partial charge in [0.2, 0.25) is 5.91 Å². The number of nitrogens with zero attached hydrogens (tertiary/aromatic N) is 1. The van der Waals surface area contributed by atoms with Crippen molar-refractivity contribution in [1.29, 1.82) is 0 Å². The molecule has 1 saturated heterocycles. The monoisotopic (exact) mass is 327 g/mol. The maximum Gasteiger partial charge on any atom is 0.309 e. The van der Waals surface area contributed by atoms with E-state index in [0.29, 0.717) is 38.1 Å². The van der Waals surface area contributed by atoms with Gasteiger partial charge in [-0.3, -0.25) is 9.59 Å². The highest BCUT2D eigenvalue weighted by atomic mass is 32.2. The van der Waals surface area contributed by atoms with Gasteiger partial charge in [-0.25, -0.2) is 8.42 Å². The summed E-state index contributed by atoms with van der Waals surface area (Å²) in [7, 11) is -3.07. The fourth-order valence-corrected chi connectivity index (χ4v) is 6.43. The van der Waals surface area contributed by atoms with Gasteiger partial charge >= 0.3 is 5.97 Å². The van der Waals surface area contributed by atoms with Crippen molar-refractivity contribution in [2.24, 2.45) is 16.7 Å². The standard InChI is InChI=1S/C15H21NO5S/c17-12(14-7-15(8-14,9-14)13(18)19)16-4-1-5-22(20,21)6-11(16)10-2-3-10/h10-11H,1-9H2,(H,18,19). The van der Waals surface area contributed by atoms with E-state index in [1.54, 1.807) is 4.90 Å². The van der Waals surface area contributed by atoms with E-state index in [9.17, 15) is 23.1 Å². The number of rotatable bonds is 3. The number of carbonyl (C=O) groups is 2. The van der Waals surface area contributed by atoms with Gasteiger partial charge in [0.15, 0.2) is 9.84 Å². The van der Waals surface area contributed by atoms with Gasteiger partial charge in [0.1, 0.15) is 0 Å². The fourth-order valence-electron chi connectivity index (χ4n) is 4.72. The quantitative estimate of drug-likeness (QED) is 0.822. The molecule has 4 saturated carbocycles. The minimum absolute atomic E-state index is 0.0182. The van der Waals surface area contributed by atoms with E-state index in [1.165, 1.54) is 0 Å². The molecular formula is C15H21NO5S. The number of hydrogen-bond donors (Lipinski definition) is 1. The van der Waals surface area contributed by atoms with E-state index in [-0.39, 0.29) is 23.5 Å². The third kappa shape index (κ3) is 1.94. The lowest BCUT2D eigenvalue weighted by Gasteiger charge is -2.67. The van der Waals surface area contributed by atoms with E-state index < -0.39 is 26.6 Å². The molecule has 1 aliphatic heterocycles. The predicted molar refractivity (Wildman–Crippen MR) is 77.8 cm³/mol. The van der Waals surface area contributed by atoms with Crippen LogP contribution in [-0.2, 0) is 19.4 Å². The average molecular weight is 327 g/mol. The third-order valence-corrected chi connectivity index (χ3v) is 7.80. The highest BCUT2D eigenvalue weighted by molar-refractivity contribution is 7.91. The highest BCUT2D eigenvalue weighted by Gasteiger charge is 2.76. The number of sulfone groups is 1. The maximum absolute atomic E-state index is 12.9. The Bertz CT molecular complexity index is 631. The minimum Gasteiger partial charge on any atom is -0.481 e. The normalized spacial score (nSPS) is 42.7. The Kier molecular flexibility index (Phi) is 2.79. The third-order valence-electron chi connectivity index (χ3n) is 6.04. The highest BCUT2D eigenvalue weighted by Crippen LogP contribution is 2.74. The molecule has 22 heavy (non-hydrogen) atoms. The van der Waals surface area contributed by atoms with Crippen LogP contribution in [-0.4, -0.2) is 54.4 Å². The van der Waals surface area contributed by atoms with Gasteiger partial charge in [-0.15, -0.1) is 0 Å². The Hall–Kier alpha value is -1.11. The molecule has 1 unspecified atom stereocenters. The van der Waals surface area contributed by atoms with Gasteiger partial charge in [-0.1, -0.05) is 0 Å². The first-order valence-corrected chi connectivity index (χ1v) is 9.84. The van der Waals surface area contributed by atoms with Crippen molar-refractivity contribution >= 4 is 21.7 Å². The summed E-state index contributed by atoms with van der Waals surface area (Å²) in [5, 5.41) is 9.20. The largest absolute Gasteiger partial charge is 0.481 e. The van der Waals surface area contributed by atoms with E-state index in [4.69, 9.17) is 0 Å². The number of carbonyl (C=O) groups excluding carboxylic acids is 1. The number of amides is 1. The zero-order valence-corrected chi connectivity index (χ0v) is 13.3. The lowest BCUT2D eigenvalue weighted by molar-refractivity contribution is -0.227. The molecular weight excluding hydrogens is 306 g/mol. The van der Waals surface area contributed by atoms with Crippen molar-refractivity contribution in [3.8, 4) is 0 Å². The summed E-state index contributed by atoms with van der Waals surface area (Å²) in [5.74, 6) is -0.211. The molecule has 0 radical (unpaired) electrons. The van der Waals surface area contributed by atoms with Crippen LogP contribution in [0.1, 0.15) is 38.5 Å². The summed E-state index contributed by atoms with van der Waals surface area (Å²) in [6.07, 6.45) is 3.81.